The van der Waals surface area contributed by atoms with Crippen molar-refractivity contribution < 1.29 is 14.3 Å². The average molecular weight is 352 g/mol. The van der Waals surface area contributed by atoms with Crippen LogP contribution in [-0.2, 0) is 22.7 Å². The second kappa shape index (κ2) is 7.60. The molecule has 0 bridgehead atoms. The van der Waals surface area contributed by atoms with Crippen LogP contribution in [0.3, 0.4) is 0 Å². The molecule has 0 spiro atoms. The highest BCUT2D eigenvalue weighted by molar-refractivity contribution is 5.94. The van der Waals surface area contributed by atoms with Crippen molar-refractivity contribution >= 4 is 11.8 Å². The average Bonchev–Trinajstić information content (AvgIpc) is 2.97. The Balaban J connectivity index is 1.70. The number of rotatable bonds is 6. The summed E-state index contributed by atoms with van der Waals surface area (Å²) in [6.07, 6.45) is 0.925. The van der Waals surface area contributed by atoms with Crippen molar-refractivity contribution in [3.8, 4) is 5.75 Å². The largest absolute Gasteiger partial charge is 0.497 e. The lowest BCUT2D eigenvalue weighted by atomic mass is 9.97. The van der Waals surface area contributed by atoms with Crippen molar-refractivity contribution in [3.05, 3.63) is 65.7 Å². The zero-order valence-corrected chi connectivity index (χ0v) is 15.2. The number of benzene rings is 2. The smallest absolute Gasteiger partial charge is 0.245 e. The molecule has 1 atom stereocenters. The van der Waals surface area contributed by atoms with Crippen LogP contribution in [0, 0.1) is 0 Å². The van der Waals surface area contributed by atoms with Crippen LogP contribution in [0.5, 0.6) is 5.75 Å². The molecular weight excluding hydrogens is 328 g/mol. The highest BCUT2D eigenvalue weighted by Gasteiger charge is 2.46. The lowest BCUT2D eigenvalue weighted by molar-refractivity contribution is -0.141. The van der Waals surface area contributed by atoms with Gasteiger partial charge in [-0.2, -0.15) is 0 Å². The molecule has 1 saturated heterocycles. The molecule has 0 radical (unpaired) electrons. The van der Waals surface area contributed by atoms with E-state index >= 15 is 0 Å². The first kappa shape index (κ1) is 18.0. The molecule has 0 unspecified atom stereocenters. The van der Waals surface area contributed by atoms with Gasteiger partial charge in [-0.3, -0.25) is 9.59 Å². The van der Waals surface area contributed by atoms with E-state index in [-0.39, 0.29) is 11.8 Å². The minimum Gasteiger partial charge on any atom is -0.497 e. The molecule has 1 aliphatic heterocycles. The topological polar surface area (TPSA) is 58.6 Å². The molecule has 1 aliphatic rings. The Hall–Kier alpha value is -2.82. The molecule has 2 aromatic rings. The third-order valence-corrected chi connectivity index (χ3v) is 5.01. The van der Waals surface area contributed by atoms with Crippen LogP contribution in [0.25, 0.3) is 0 Å². The van der Waals surface area contributed by atoms with E-state index in [1.54, 1.807) is 12.0 Å². The summed E-state index contributed by atoms with van der Waals surface area (Å²) in [5.74, 6) is 0.670. The van der Waals surface area contributed by atoms with E-state index in [0.29, 0.717) is 25.9 Å². The number of carbonyl (C=O) groups excluding carboxylic acids is 2. The zero-order valence-electron chi connectivity index (χ0n) is 15.2. The normalized spacial score (nSPS) is 19.5. The molecule has 2 amide bonds. The molecule has 1 N–H and O–H groups in total. The van der Waals surface area contributed by atoms with Crippen molar-refractivity contribution in [1.29, 1.82) is 0 Å². The molecule has 1 fully saturated rings. The van der Waals surface area contributed by atoms with Gasteiger partial charge in [-0.25, -0.2) is 0 Å². The van der Waals surface area contributed by atoms with Gasteiger partial charge >= 0.3 is 0 Å². The van der Waals surface area contributed by atoms with Crippen LogP contribution in [0.2, 0.25) is 0 Å². The van der Waals surface area contributed by atoms with E-state index in [2.05, 4.69) is 5.32 Å². The molecule has 26 heavy (non-hydrogen) atoms. The van der Waals surface area contributed by atoms with E-state index in [4.69, 9.17) is 4.74 Å². The molecule has 3 rings (SSSR count). The molecule has 0 aromatic heterocycles. The number of methoxy groups -OCH3 is 1. The van der Waals surface area contributed by atoms with Gasteiger partial charge in [-0.1, -0.05) is 42.5 Å². The maximum absolute atomic E-state index is 12.9. The Morgan fingerprint density at radius 1 is 1.12 bits per heavy atom. The molecule has 5 heteroatoms. The molecule has 0 saturated carbocycles. The lowest BCUT2D eigenvalue weighted by Gasteiger charge is -2.34. The second-order valence-corrected chi connectivity index (χ2v) is 6.77. The quantitative estimate of drug-likeness (QED) is 0.870. The van der Waals surface area contributed by atoms with Crippen molar-refractivity contribution in [2.45, 2.75) is 38.4 Å². The summed E-state index contributed by atoms with van der Waals surface area (Å²) in [5.41, 5.74) is 1.19. The summed E-state index contributed by atoms with van der Waals surface area (Å²) >= 11 is 0. The van der Waals surface area contributed by atoms with E-state index in [0.717, 1.165) is 16.9 Å². The van der Waals surface area contributed by atoms with E-state index in [1.165, 1.54) is 0 Å². The summed E-state index contributed by atoms with van der Waals surface area (Å²) in [7, 11) is 1.62. The number of amides is 2. The zero-order chi connectivity index (χ0) is 18.6. The van der Waals surface area contributed by atoms with Gasteiger partial charge in [0, 0.05) is 19.5 Å². The third kappa shape index (κ3) is 3.72. The fourth-order valence-electron chi connectivity index (χ4n) is 3.28. The number of hydrogen-bond acceptors (Lipinski definition) is 3. The van der Waals surface area contributed by atoms with Gasteiger partial charge in [-0.15, -0.1) is 0 Å². The lowest BCUT2D eigenvalue weighted by Crippen LogP contribution is -2.53. The summed E-state index contributed by atoms with van der Waals surface area (Å²) in [6.45, 7) is 2.72. The molecule has 136 valence electrons. The molecule has 2 aromatic carbocycles. The van der Waals surface area contributed by atoms with Crippen LogP contribution >= 0.6 is 0 Å². The predicted octanol–water partition coefficient (Wildman–Crippen LogP) is 2.89. The number of ether oxygens (including phenoxy) is 1. The van der Waals surface area contributed by atoms with Gasteiger partial charge in [0.2, 0.25) is 11.8 Å². The Morgan fingerprint density at radius 3 is 2.46 bits per heavy atom. The Labute approximate surface area is 154 Å². The summed E-state index contributed by atoms with van der Waals surface area (Å²) < 4.78 is 5.17. The van der Waals surface area contributed by atoms with Crippen molar-refractivity contribution in [3.63, 3.8) is 0 Å². The van der Waals surface area contributed by atoms with E-state index < -0.39 is 5.54 Å². The number of nitrogens with one attached hydrogen (secondary N) is 1. The van der Waals surface area contributed by atoms with Gasteiger partial charge < -0.3 is 15.0 Å². The summed E-state index contributed by atoms with van der Waals surface area (Å²) in [4.78, 5) is 27.0. The van der Waals surface area contributed by atoms with Gasteiger partial charge in [0.15, 0.2) is 0 Å². The Morgan fingerprint density at radius 2 is 1.81 bits per heavy atom. The first-order valence-corrected chi connectivity index (χ1v) is 8.78. The van der Waals surface area contributed by atoms with Crippen LogP contribution in [-0.4, -0.2) is 29.4 Å². The number of nitrogens with zero attached hydrogens (tertiary/aromatic N) is 1. The van der Waals surface area contributed by atoms with Crippen molar-refractivity contribution in [1.82, 2.24) is 10.2 Å². The highest BCUT2D eigenvalue weighted by Crippen LogP contribution is 2.32. The molecular formula is C21H24N2O3. The highest BCUT2D eigenvalue weighted by atomic mass is 16.5. The fourth-order valence-corrected chi connectivity index (χ4v) is 3.28. The van der Waals surface area contributed by atoms with Crippen LogP contribution < -0.4 is 10.1 Å². The van der Waals surface area contributed by atoms with E-state index in [9.17, 15) is 9.59 Å². The fraction of sp³-hybridized carbons (Fsp3) is 0.333. The minimum atomic E-state index is -0.828. The first-order chi connectivity index (χ1) is 12.5. The monoisotopic (exact) mass is 352 g/mol. The Kier molecular flexibility index (Phi) is 5.26. The standard InChI is InChI=1S/C21H24N2O3/c1-21(20(25)22-14-16-6-4-3-5-7-16)13-12-19(24)23(21)15-17-8-10-18(26-2)11-9-17/h3-11H,12-15H2,1-2H3,(H,22,25)/t21-/m0/s1. The van der Waals surface area contributed by atoms with E-state index in [1.807, 2.05) is 61.5 Å². The number of likely N-dealkylation sites (tertiary alicyclic amines) is 1. The molecule has 5 nitrogen and oxygen atoms in total. The SMILES string of the molecule is COc1ccc(CN2C(=O)CC[C@@]2(C)C(=O)NCc2ccccc2)cc1. The van der Waals surface area contributed by atoms with Gasteiger partial charge in [-0.05, 0) is 36.6 Å². The maximum Gasteiger partial charge on any atom is 0.245 e. The summed E-state index contributed by atoms with van der Waals surface area (Å²) in [6, 6.07) is 17.3. The Bertz CT molecular complexity index is 774. The van der Waals surface area contributed by atoms with Crippen molar-refractivity contribution in [2.75, 3.05) is 7.11 Å². The van der Waals surface area contributed by atoms with Crippen molar-refractivity contribution in [2.24, 2.45) is 0 Å². The minimum absolute atomic E-state index is 0.0122. The molecule has 1 heterocycles. The number of hydrogen-bond donors (Lipinski definition) is 1. The number of carbonyl (C=O) groups is 2. The maximum atomic E-state index is 12.9. The van der Waals surface area contributed by atoms with Crippen LogP contribution in [0.15, 0.2) is 54.6 Å². The predicted molar refractivity (Wildman–Crippen MR) is 99.5 cm³/mol. The van der Waals surface area contributed by atoms with Gasteiger partial charge in [0.25, 0.3) is 0 Å². The first-order valence-electron chi connectivity index (χ1n) is 8.78. The second-order valence-electron chi connectivity index (χ2n) is 6.77. The van der Waals surface area contributed by atoms with Gasteiger partial charge in [0.1, 0.15) is 11.3 Å². The summed E-state index contributed by atoms with van der Waals surface area (Å²) in [5, 5.41) is 2.98. The third-order valence-electron chi connectivity index (χ3n) is 5.01. The van der Waals surface area contributed by atoms with Crippen LogP contribution in [0.1, 0.15) is 30.9 Å². The van der Waals surface area contributed by atoms with Crippen LogP contribution in [0.4, 0.5) is 0 Å². The van der Waals surface area contributed by atoms with Gasteiger partial charge in [0.05, 0.1) is 7.11 Å². The molecule has 0 aliphatic carbocycles.